The highest BCUT2D eigenvalue weighted by atomic mass is 19.4. The zero-order valence-electron chi connectivity index (χ0n) is 10.3. The van der Waals surface area contributed by atoms with E-state index < -0.39 is 12.7 Å². The number of carbonyl (C=O) groups excluding carboxylic acids is 1. The fourth-order valence-corrected chi connectivity index (χ4v) is 2.20. The van der Waals surface area contributed by atoms with Crippen LogP contribution in [0.1, 0.15) is 12.0 Å². The Morgan fingerprint density at radius 1 is 1.32 bits per heavy atom. The zero-order chi connectivity index (χ0) is 13.9. The average Bonchev–Trinajstić information content (AvgIpc) is 2.36. The van der Waals surface area contributed by atoms with Gasteiger partial charge in [-0.25, -0.2) is 0 Å². The molecule has 2 rings (SSSR count). The first-order valence-corrected chi connectivity index (χ1v) is 6.13. The van der Waals surface area contributed by atoms with Crippen LogP contribution in [0.3, 0.4) is 0 Å². The molecule has 1 amide bonds. The molecule has 0 fully saturated rings. The topological polar surface area (TPSA) is 32.3 Å². The fourth-order valence-electron chi connectivity index (χ4n) is 2.20. The van der Waals surface area contributed by atoms with Crippen LogP contribution in [0.4, 0.5) is 18.9 Å². The third kappa shape index (κ3) is 3.70. The minimum Gasteiger partial charge on any atom is -0.311 e. The van der Waals surface area contributed by atoms with E-state index in [0.717, 1.165) is 24.1 Å². The predicted molar refractivity (Wildman–Crippen MR) is 66.0 cm³/mol. The van der Waals surface area contributed by atoms with Crippen molar-refractivity contribution in [3.05, 3.63) is 29.8 Å². The predicted octanol–water partition coefficient (Wildman–Crippen LogP) is 2.12. The number of halogens is 3. The van der Waals surface area contributed by atoms with Crippen LogP contribution in [-0.4, -0.2) is 31.7 Å². The molecule has 1 aromatic rings. The first-order chi connectivity index (χ1) is 8.97. The number of hydrogen-bond acceptors (Lipinski definition) is 2. The lowest BCUT2D eigenvalue weighted by Gasteiger charge is -2.29. The first-order valence-electron chi connectivity index (χ1n) is 6.13. The molecule has 0 radical (unpaired) electrons. The number of nitrogens with one attached hydrogen (secondary N) is 1. The molecular formula is C13H15F3N2O. The van der Waals surface area contributed by atoms with Crippen molar-refractivity contribution in [3.63, 3.8) is 0 Å². The number of nitrogens with zero attached hydrogens (tertiary/aromatic N) is 1. The van der Waals surface area contributed by atoms with E-state index in [2.05, 4.69) is 5.32 Å². The van der Waals surface area contributed by atoms with Gasteiger partial charge < -0.3 is 10.2 Å². The van der Waals surface area contributed by atoms with Gasteiger partial charge in [-0.05, 0) is 24.5 Å². The molecule has 0 saturated carbocycles. The van der Waals surface area contributed by atoms with E-state index >= 15 is 0 Å². The summed E-state index contributed by atoms with van der Waals surface area (Å²) in [5.74, 6) is -0.323. The molecule has 0 saturated heterocycles. The van der Waals surface area contributed by atoms with Gasteiger partial charge in [-0.15, -0.1) is 0 Å². The van der Waals surface area contributed by atoms with Crippen LogP contribution in [0.15, 0.2) is 24.3 Å². The lowest BCUT2D eigenvalue weighted by Crippen LogP contribution is -2.43. The second-order valence-electron chi connectivity index (χ2n) is 4.50. The van der Waals surface area contributed by atoms with Crippen LogP contribution in [0.2, 0.25) is 0 Å². The molecule has 0 unspecified atom stereocenters. The Bertz CT molecular complexity index is 459. The molecule has 1 aromatic carbocycles. The number of aryl methyl sites for hydroxylation is 1. The van der Waals surface area contributed by atoms with Gasteiger partial charge in [0.25, 0.3) is 0 Å². The summed E-state index contributed by atoms with van der Waals surface area (Å²) in [4.78, 5) is 13.5. The van der Waals surface area contributed by atoms with Gasteiger partial charge in [-0.2, -0.15) is 13.2 Å². The van der Waals surface area contributed by atoms with E-state index in [-0.39, 0.29) is 12.5 Å². The number of alkyl halides is 3. The van der Waals surface area contributed by atoms with Gasteiger partial charge in [-0.3, -0.25) is 4.79 Å². The largest absolute Gasteiger partial charge is 0.401 e. The maximum Gasteiger partial charge on any atom is 0.401 e. The van der Waals surface area contributed by atoms with E-state index in [1.54, 1.807) is 4.90 Å². The van der Waals surface area contributed by atoms with Gasteiger partial charge in [0.15, 0.2) is 0 Å². The van der Waals surface area contributed by atoms with Gasteiger partial charge in [0.05, 0.1) is 13.1 Å². The minimum atomic E-state index is -4.29. The summed E-state index contributed by atoms with van der Waals surface area (Å²) >= 11 is 0. The van der Waals surface area contributed by atoms with Crippen LogP contribution in [-0.2, 0) is 11.2 Å². The van der Waals surface area contributed by atoms with Crippen molar-refractivity contribution in [3.8, 4) is 0 Å². The summed E-state index contributed by atoms with van der Waals surface area (Å²) < 4.78 is 36.0. The average molecular weight is 272 g/mol. The molecule has 0 atom stereocenters. The minimum absolute atomic E-state index is 0.298. The molecule has 104 valence electrons. The van der Waals surface area contributed by atoms with Crippen LogP contribution in [0.25, 0.3) is 0 Å². The summed E-state index contributed by atoms with van der Waals surface area (Å²) in [6, 6.07) is 7.50. The molecule has 6 heteroatoms. The van der Waals surface area contributed by atoms with E-state index in [1.807, 2.05) is 24.3 Å². The van der Waals surface area contributed by atoms with E-state index in [0.29, 0.717) is 6.54 Å². The van der Waals surface area contributed by atoms with Crippen molar-refractivity contribution in [1.29, 1.82) is 0 Å². The van der Waals surface area contributed by atoms with Gasteiger partial charge in [0.1, 0.15) is 0 Å². The Morgan fingerprint density at radius 3 is 2.79 bits per heavy atom. The molecular weight excluding hydrogens is 257 g/mol. The number of hydrogen-bond donors (Lipinski definition) is 1. The quantitative estimate of drug-likeness (QED) is 0.914. The van der Waals surface area contributed by atoms with E-state index in [9.17, 15) is 18.0 Å². The van der Waals surface area contributed by atoms with Gasteiger partial charge in [-0.1, -0.05) is 18.2 Å². The molecule has 19 heavy (non-hydrogen) atoms. The Kier molecular flexibility index (Phi) is 4.09. The Hall–Kier alpha value is -1.56. The summed E-state index contributed by atoms with van der Waals surface area (Å²) in [5.41, 5.74) is 1.88. The Morgan fingerprint density at radius 2 is 2.05 bits per heavy atom. The molecule has 1 heterocycles. The second kappa shape index (κ2) is 5.61. The molecule has 0 spiro atoms. The standard InChI is InChI=1S/C13H15F3N2O/c14-13(15,16)9-17-8-12(19)18-7-3-5-10-4-1-2-6-11(10)18/h1-2,4,6,17H,3,5,7-9H2. The number of rotatable bonds is 3. The number of para-hydroxylation sites is 1. The summed E-state index contributed by atoms with van der Waals surface area (Å²) in [6.07, 6.45) is -2.56. The number of amides is 1. The lowest BCUT2D eigenvalue weighted by atomic mass is 10.0. The summed E-state index contributed by atoms with van der Waals surface area (Å²) in [5, 5.41) is 2.14. The van der Waals surface area contributed by atoms with Crippen molar-refractivity contribution in [2.24, 2.45) is 0 Å². The summed E-state index contributed by atoms with van der Waals surface area (Å²) in [7, 11) is 0. The van der Waals surface area contributed by atoms with Crippen molar-refractivity contribution in [2.45, 2.75) is 19.0 Å². The Labute approximate surface area is 109 Å². The van der Waals surface area contributed by atoms with Gasteiger partial charge in [0, 0.05) is 12.2 Å². The maximum atomic E-state index is 12.0. The molecule has 0 bridgehead atoms. The maximum absolute atomic E-state index is 12.0. The summed E-state index contributed by atoms with van der Waals surface area (Å²) in [6.45, 7) is -0.883. The normalized spacial score (nSPS) is 15.2. The highest BCUT2D eigenvalue weighted by Crippen LogP contribution is 2.26. The van der Waals surface area contributed by atoms with Gasteiger partial charge >= 0.3 is 6.18 Å². The SMILES string of the molecule is O=C(CNCC(F)(F)F)N1CCCc2ccccc21. The third-order valence-corrected chi connectivity index (χ3v) is 3.01. The molecule has 1 aliphatic heterocycles. The molecule has 0 aromatic heterocycles. The zero-order valence-corrected chi connectivity index (χ0v) is 10.3. The fraction of sp³-hybridized carbons (Fsp3) is 0.462. The molecule has 1 N–H and O–H groups in total. The van der Waals surface area contributed by atoms with Crippen molar-refractivity contribution in [2.75, 3.05) is 24.5 Å². The highest BCUT2D eigenvalue weighted by Gasteiger charge is 2.28. The number of carbonyl (C=O) groups is 1. The number of anilines is 1. The highest BCUT2D eigenvalue weighted by molar-refractivity contribution is 5.95. The van der Waals surface area contributed by atoms with Gasteiger partial charge in [0.2, 0.25) is 5.91 Å². The first kappa shape index (κ1) is 13.9. The number of fused-ring (bicyclic) bond motifs is 1. The monoisotopic (exact) mass is 272 g/mol. The second-order valence-corrected chi connectivity index (χ2v) is 4.50. The van der Waals surface area contributed by atoms with E-state index in [4.69, 9.17) is 0 Å². The van der Waals surface area contributed by atoms with Crippen molar-refractivity contribution < 1.29 is 18.0 Å². The van der Waals surface area contributed by atoms with E-state index in [1.165, 1.54) is 0 Å². The molecule has 0 aliphatic carbocycles. The van der Waals surface area contributed by atoms with Crippen molar-refractivity contribution >= 4 is 11.6 Å². The third-order valence-electron chi connectivity index (χ3n) is 3.01. The molecule has 3 nitrogen and oxygen atoms in total. The van der Waals surface area contributed by atoms with Crippen LogP contribution < -0.4 is 10.2 Å². The lowest BCUT2D eigenvalue weighted by molar-refractivity contribution is -0.127. The van der Waals surface area contributed by atoms with Crippen LogP contribution in [0.5, 0.6) is 0 Å². The van der Waals surface area contributed by atoms with Crippen LogP contribution in [0, 0.1) is 0 Å². The smallest absolute Gasteiger partial charge is 0.311 e. The number of benzene rings is 1. The van der Waals surface area contributed by atoms with Crippen LogP contribution >= 0.6 is 0 Å². The van der Waals surface area contributed by atoms with Crippen molar-refractivity contribution in [1.82, 2.24) is 5.32 Å². The Balaban J connectivity index is 1.97. The molecule has 1 aliphatic rings.